The van der Waals surface area contributed by atoms with Crippen molar-refractivity contribution >= 4 is 22.8 Å². The maximum absolute atomic E-state index is 12.0. The molecule has 3 N–H and O–H groups in total. The van der Waals surface area contributed by atoms with Crippen LogP contribution in [0.3, 0.4) is 0 Å². The van der Waals surface area contributed by atoms with Crippen LogP contribution in [0.15, 0.2) is 29.4 Å². The molecule has 1 aromatic carbocycles. The SMILES string of the molecule is CCN1CCCC1CNC(=NCC(=O)N(C)C)NCCc1c[nH]c2c(C)cccc12. The van der Waals surface area contributed by atoms with Crippen molar-refractivity contribution in [2.45, 2.75) is 39.2 Å². The molecular formula is C23H36N6O. The van der Waals surface area contributed by atoms with Crippen molar-refractivity contribution in [1.29, 1.82) is 0 Å². The number of nitrogens with zero attached hydrogens (tertiary/aromatic N) is 3. The minimum Gasteiger partial charge on any atom is -0.361 e. The third-order valence-electron chi connectivity index (χ3n) is 5.98. The second-order valence-electron chi connectivity index (χ2n) is 8.25. The van der Waals surface area contributed by atoms with E-state index in [1.165, 1.54) is 41.4 Å². The van der Waals surface area contributed by atoms with Crippen LogP contribution in [0.1, 0.15) is 30.9 Å². The zero-order chi connectivity index (χ0) is 21.5. The lowest BCUT2D eigenvalue weighted by atomic mass is 10.1. The molecule has 7 heteroatoms. The molecule has 2 heterocycles. The second kappa shape index (κ2) is 10.5. The van der Waals surface area contributed by atoms with Crippen molar-refractivity contribution in [1.82, 2.24) is 25.4 Å². The van der Waals surface area contributed by atoms with Gasteiger partial charge in [-0.25, -0.2) is 4.99 Å². The van der Waals surface area contributed by atoms with Gasteiger partial charge in [-0.15, -0.1) is 0 Å². The highest BCUT2D eigenvalue weighted by atomic mass is 16.2. The lowest BCUT2D eigenvalue weighted by molar-refractivity contribution is -0.127. The fourth-order valence-corrected chi connectivity index (χ4v) is 4.11. The molecular weight excluding hydrogens is 376 g/mol. The van der Waals surface area contributed by atoms with Gasteiger partial charge in [0.15, 0.2) is 5.96 Å². The monoisotopic (exact) mass is 412 g/mol. The van der Waals surface area contributed by atoms with Crippen LogP contribution in [0.25, 0.3) is 10.9 Å². The van der Waals surface area contributed by atoms with Gasteiger partial charge in [0.1, 0.15) is 6.54 Å². The van der Waals surface area contributed by atoms with E-state index in [2.05, 4.69) is 63.8 Å². The van der Waals surface area contributed by atoms with E-state index in [1.54, 1.807) is 19.0 Å². The highest BCUT2D eigenvalue weighted by Gasteiger charge is 2.22. The van der Waals surface area contributed by atoms with Crippen LogP contribution in [0.2, 0.25) is 0 Å². The molecule has 30 heavy (non-hydrogen) atoms. The Morgan fingerprint density at radius 1 is 1.33 bits per heavy atom. The number of H-pyrrole nitrogens is 1. The topological polar surface area (TPSA) is 75.8 Å². The van der Waals surface area contributed by atoms with Crippen molar-refractivity contribution < 1.29 is 4.79 Å². The first-order chi connectivity index (χ1) is 14.5. The van der Waals surface area contributed by atoms with E-state index in [0.717, 1.165) is 26.1 Å². The van der Waals surface area contributed by atoms with E-state index in [9.17, 15) is 4.79 Å². The lowest BCUT2D eigenvalue weighted by Crippen LogP contribution is -2.45. The number of likely N-dealkylation sites (tertiary alicyclic amines) is 1. The number of para-hydroxylation sites is 1. The number of hydrogen-bond donors (Lipinski definition) is 3. The minimum atomic E-state index is -0.000690. The number of guanidine groups is 1. The Labute approximate surface area is 179 Å². The van der Waals surface area contributed by atoms with Crippen molar-refractivity contribution in [2.75, 3.05) is 46.8 Å². The zero-order valence-electron chi connectivity index (χ0n) is 18.8. The second-order valence-corrected chi connectivity index (χ2v) is 8.25. The largest absolute Gasteiger partial charge is 0.361 e. The van der Waals surface area contributed by atoms with E-state index in [4.69, 9.17) is 0 Å². The Hall–Kier alpha value is -2.54. The van der Waals surface area contributed by atoms with Gasteiger partial charge >= 0.3 is 0 Å². The van der Waals surface area contributed by atoms with Gasteiger partial charge in [0.2, 0.25) is 5.91 Å². The number of fused-ring (bicyclic) bond motifs is 1. The normalized spacial score (nSPS) is 17.5. The molecule has 1 amide bonds. The first-order valence-electron chi connectivity index (χ1n) is 11.0. The smallest absolute Gasteiger partial charge is 0.243 e. The van der Waals surface area contributed by atoms with Crippen LogP contribution in [-0.4, -0.2) is 79.5 Å². The predicted molar refractivity (Wildman–Crippen MR) is 124 cm³/mol. The lowest BCUT2D eigenvalue weighted by Gasteiger charge is -2.24. The molecule has 1 saturated heterocycles. The molecule has 0 saturated carbocycles. The molecule has 1 aromatic heterocycles. The van der Waals surface area contributed by atoms with E-state index in [-0.39, 0.29) is 12.5 Å². The molecule has 0 radical (unpaired) electrons. The fourth-order valence-electron chi connectivity index (χ4n) is 4.11. The molecule has 7 nitrogen and oxygen atoms in total. The summed E-state index contributed by atoms with van der Waals surface area (Å²) in [6.07, 6.45) is 5.44. The zero-order valence-corrected chi connectivity index (χ0v) is 18.8. The maximum Gasteiger partial charge on any atom is 0.243 e. The Balaban J connectivity index is 1.60. The third kappa shape index (κ3) is 5.53. The molecule has 1 fully saturated rings. The van der Waals surface area contributed by atoms with E-state index in [0.29, 0.717) is 12.0 Å². The molecule has 0 aliphatic carbocycles. The van der Waals surface area contributed by atoms with Crippen molar-refractivity contribution in [2.24, 2.45) is 4.99 Å². The average Bonchev–Trinajstić information content (AvgIpc) is 3.36. The van der Waals surface area contributed by atoms with Crippen molar-refractivity contribution in [3.8, 4) is 0 Å². The summed E-state index contributed by atoms with van der Waals surface area (Å²) < 4.78 is 0. The Bertz CT molecular complexity index is 872. The van der Waals surface area contributed by atoms with Crippen molar-refractivity contribution in [3.63, 3.8) is 0 Å². The first kappa shape index (κ1) is 22.2. The molecule has 2 aromatic rings. The molecule has 1 aliphatic rings. The van der Waals surface area contributed by atoms with Gasteiger partial charge in [-0.05, 0) is 50.4 Å². The Morgan fingerprint density at radius 2 is 2.17 bits per heavy atom. The molecule has 3 rings (SSSR count). The van der Waals surface area contributed by atoms with Crippen molar-refractivity contribution in [3.05, 3.63) is 35.5 Å². The van der Waals surface area contributed by atoms with Gasteiger partial charge in [0.05, 0.1) is 0 Å². The number of aryl methyl sites for hydroxylation is 1. The average molecular weight is 413 g/mol. The number of aromatic amines is 1. The fraction of sp³-hybridized carbons (Fsp3) is 0.565. The van der Waals surface area contributed by atoms with Crippen LogP contribution in [0.4, 0.5) is 0 Å². The summed E-state index contributed by atoms with van der Waals surface area (Å²) in [6.45, 7) is 8.33. The molecule has 1 aliphatic heterocycles. The number of amides is 1. The van der Waals surface area contributed by atoms with E-state index >= 15 is 0 Å². The number of hydrogen-bond acceptors (Lipinski definition) is 3. The van der Waals surface area contributed by atoms with Gasteiger partial charge in [-0.1, -0.05) is 25.1 Å². The molecule has 164 valence electrons. The number of rotatable bonds is 8. The molecule has 0 spiro atoms. The van der Waals surface area contributed by atoms with Gasteiger partial charge in [0.25, 0.3) is 0 Å². The van der Waals surface area contributed by atoms with Crippen LogP contribution in [0.5, 0.6) is 0 Å². The highest BCUT2D eigenvalue weighted by molar-refractivity contribution is 5.86. The van der Waals surface area contributed by atoms with E-state index in [1.807, 2.05) is 0 Å². The van der Waals surface area contributed by atoms with E-state index < -0.39 is 0 Å². The summed E-state index contributed by atoms with van der Waals surface area (Å²) >= 11 is 0. The summed E-state index contributed by atoms with van der Waals surface area (Å²) in [5.74, 6) is 0.712. The number of nitrogens with one attached hydrogen (secondary N) is 3. The minimum absolute atomic E-state index is 0.000690. The van der Waals surface area contributed by atoms with Gasteiger partial charge in [0, 0.05) is 50.3 Å². The Kier molecular flexibility index (Phi) is 7.74. The van der Waals surface area contributed by atoms with Crippen LogP contribution < -0.4 is 10.6 Å². The van der Waals surface area contributed by atoms with Gasteiger partial charge < -0.3 is 20.5 Å². The number of likely N-dealkylation sites (N-methyl/N-ethyl adjacent to an activating group) is 2. The molecule has 1 atom stereocenters. The quantitative estimate of drug-likeness (QED) is 0.459. The maximum atomic E-state index is 12.0. The van der Waals surface area contributed by atoms with Gasteiger partial charge in [-0.2, -0.15) is 0 Å². The molecule has 1 unspecified atom stereocenters. The highest BCUT2D eigenvalue weighted by Crippen LogP contribution is 2.21. The number of carbonyl (C=O) groups excluding carboxylic acids is 1. The van der Waals surface area contributed by atoms with Gasteiger partial charge in [-0.3, -0.25) is 9.69 Å². The summed E-state index contributed by atoms with van der Waals surface area (Å²) in [5.41, 5.74) is 3.75. The Morgan fingerprint density at radius 3 is 2.93 bits per heavy atom. The molecule has 0 bridgehead atoms. The van der Waals surface area contributed by atoms with Crippen LogP contribution >= 0.6 is 0 Å². The standard InChI is InChI=1S/C23H36N6O/c1-5-29-13-7-9-19(29)15-26-23(27-16-21(30)28(3)4)24-12-11-18-14-25-22-17(2)8-6-10-20(18)22/h6,8,10,14,19,25H,5,7,9,11-13,15-16H2,1-4H3,(H2,24,26,27). The number of benzene rings is 1. The summed E-state index contributed by atoms with van der Waals surface area (Å²) in [4.78, 5) is 24.0. The number of aromatic nitrogens is 1. The van der Waals surface area contributed by atoms with Crippen LogP contribution in [-0.2, 0) is 11.2 Å². The number of carbonyl (C=O) groups is 1. The number of aliphatic imine (C=N–C) groups is 1. The summed E-state index contributed by atoms with van der Waals surface area (Å²) in [6, 6.07) is 6.92. The predicted octanol–water partition coefficient (Wildman–Crippen LogP) is 2.13. The summed E-state index contributed by atoms with van der Waals surface area (Å²) in [5, 5.41) is 8.16. The van der Waals surface area contributed by atoms with Crippen LogP contribution in [0, 0.1) is 6.92 Å². The third-order valence-corrected chi connectivity index (χ3v) is 5.98. The first-order valence-corrected chi connectivity index (χ1v) is 11.0. The summed E-state index contributed by atoms with van der Waals surface area (Å²) in [7, 11) is 3.52.